The molecule has 2 rings (SSSR count). The highest BCUT2D eigenvalue weighted by atomic mass is 127. The van der Waals surface area contributed by atoms with Crippen molar-refractivity contribution in [1.29, 1.82) is 0 Å². The summed E-state index contributed by atoms with van der Waals surface area (Å²) in [6.45, 7) is 2.07. The molecule has 0 saturated carbocycles. The third-order valence-electron chi connectivity index (χ3n) is 3.76. The molecule has 6 nitrogen and oxygen atoms in total. The third kappa shape index (κ3) is 7.94. The average Bonchev–Trinajstić information content (AvgIpc) is 2.70. The summed E-state index contributed by atoms with van der Waals surface area (Å²) < 4.78 is 16.3. The quantitative estimate of drug-likeness (QED) is 0.247. The van der Waals surface area contributed by atoms with E-state index in [1.165, 1.54) is 0 Å². The van der Waals surface area contributed by atoms with E-state index in [1.807, 2.05) is 48.5 Å². The highest BCUT2D eigenvalue weighted by Gasteiger charge is 2.05. The van der Waals surface area contributed by atoms with Crippen molar-refractivity contribution in [3.05, 3.63) is 54.1 Å². The Hall–Kier alpha value is -2.16. The summed E-state index contributed by atoms with van der Waals surface area (Å²) in [6.07, 6.45) is 0.881. The minimum Gasteiger partial charge on any atom is -0.494 e. The van der Waals surface area contributed by atoms with Crippen molar-refractivity contribution in [2.75, 3.05) is 34.4 Å². The normalized spacial score (nSPS) is 10.6. The van der Waals surface area contributed by atoms with Crippen molar-refractivity contribution in [2.24, 2.45) is 4.99 Å². The summed E-state index contributed by atoms with van der Waals surface area (Å²) >= 11 is 0. The predicted octanol–water partition coefficient (Wildman–Crippen LogP) is 3.46. The molecule has 2 aromatic carbocycles. The van der Waals surface area contributed by atoms with Crippen LogP contribution in [-0.2, 0) is 6.54 Å². The Balaban J connectivity index is 0.00000364. The Morgan fingerprint density at radius 2 is 1.70 bits per heavy atom. The number of hydrogen-bond donors (Lipinski definition) is 2. The first-order chi connectivity index (χ1) is 12.8. The lowest BCUT2D eigenvalue weighted by atomic mass is 10.2. The van der Waals surface area contributed by atoms with Crippen molar-refractivity contribution >= 4 is 29.9 Å². The second-order valence-corrected chi connectivity index (χ2v) is 5.56. The molecular formula is C20H28IN3O3. The topological polar surface area (TPSA) is 64.1 Å². The van der Waals surface area contributed by atoms with Crippen LogP contribution in [0.5, 0.6) is 17.2 Å². The molecule has 2 aromatic rings. The lowest BCUT2D eigenvalue weighted by Crippen LogP contribution is -2.37. The van der Waals surface area contributed by atoms with Crippen LogP contribution in [0.15, 0.2) is 53.5 Å². The van der Waals surface area contributed by atoms with Gasteiger partial charge in [0.1, 0.15) is 5.75 Å². The number of para-hydroxylation sites is 1. The number of rotatable bonds is 9. The largest absolute Gasteiger partial charge is 0.494 e. The lowest BCUT2D eigenvalue weighted by Gasteiger charge is -2.13. The maximum atomic E-state index is 5.67. The third-order valence-corrected chi connectivity index (χ3v) is 3.76. The van der Waals surface area contributed by atoms with Crippen molar-refractivity contribution in [1.82, 2.24) is 10.6 Å². The maximum Gasteiger partial charge on any atom is 0.191 e. The second kappa shape index (κ2) is 13.1. The van der Waals surface area contributed by atoms with E-state index in [2.05, 4.69) is 15.6 Å². The predicted molar refractivity (Wildman–Crippen MR) is 120 cm³/mol. The molecule has 148 valence electrons. The van der Waals surface area contributed by atoms with Gasteiger partial charge in [0.15, 0.2) is 17.5 Å². The zero-order chi connectivity index (χ0) is 18.6. The van der Waals surface area contributed by atoms with Gasteiger partial charge in [0, 0.05) is 20.1 Å². The van der Waals surface area contributed by atoms with E-state index in [0.717, 1.165) is 36.0 Å². The van der Waals surface area contributed by atoms with Gasteiger partial charge in [-0.25, -0.2) is 0 Å². The molecule has 0 amide bonds. The molecule has 0 heterocycles. The Kier molecular flexibility index (Phi) is 11.1. The number of methoxy groups -OCH3 is 2. The van der Waals surface area contributed by atoms with Crippen molar-refractivity contribution in [2.45, 2.75) is 13.0 Å². The summed E-state index contributed by atoms with van der Waals surface area (Å²) in [6, 6.07) is 15.7. The Morgan fingerprint density at radius 1 is 0.963 bits per heavy atom. The number of nitrogens with zero attached hydrogens (tertiary/aromatic N) is 1. The van der Waals surface area contributed by atoms with Crippen LogP contribution in [0.2, 0.25) is 0 Å². The first kappa shape index (κ1) is 22.9. The zero-order valence-electron chi connectivity index (χ0n) is 16.0. The van der Waals surface area contributed by atoms with E-state index in [9.17, 15) is 0 Å². The SMILES string of the molecule is CN=C(NCCCOc1ccccc1)NCc1ccc(OC)c(OC)c1.I. The number of guanidine groups is 1. The summed E-state index contributed by atoms with van der Waals surface area (Å²) in [5.41, 5.74) is 1.08. The minimum atomic E-state index is 0. The molecule has 0 fully saturated rings. The second-order valence-electron chi connectivity index (χ2n) is 5.56. The number of benzene rings is 2. The number of nitrogens with one attached hydrogen (secondary N) is 2. The van der Waals surface area contributed by atoms with Crippen LogP contribution >= 0.6 is 24.0 Å². The monoisotopic (exact) mass is 485 g/mol. The van der Waals surface area contributed by atoms with Crippen LogP contribution in [0.3, 0.4) is 0 Å². The van der Waals surface area contributed by atoms with Gasteiger partial charge in [-0.3, -0.25) is 4.99 Å². The number of ether oxygens (including phenoxy) is 3. The zero-order valence-corrected chi connectivity index (χ0v) is 18.4. The van der Waals surface area contributed by atoms with Crippen LogP contribution in [0.25, 0.3) is 0 Å². The number of aliphatic imine (C=N–C) groups is 1. The van der Waals surface area contributed by atoms with Crippen molar-refractivity contribution in [3.8, 4) is 17.2 Å². The molecule has 27 heavy (non-hydrogen) atoms. The molecular weight excluding hydrogens is 457 g/mol. The van der Waals surface area contributed by atoms with E-state index in [-0.39, 0.29) is 24.0 Å². The van der Waals surface area contributed by atoms with Crippen LogP contribution in [0.1, 0.15) is 12.0 Å². The highest BCUT2D eigenvalue weighted by molar-refractivity contribution is 14.0. The van der Waals surface area contributed by atoms with E-state index < -0.39 is 0 Å². The Bertz CT molecular complexity index is 696. The fraction of sp³-hybridized carbons (Fsp3) is 0.350. The fourth-order valence-corrected chi connectivity index (χ4v) is 2.38. The standard InChI is InChI=1S/C20H27N3O3.HI/c1-21-20(22-12-7-13-26-17-8-5-4-6-9-17)23-15-16-10-11-18(24-2)19(14-16)25-3;/h4-6,8-11,14H,7,12-13,15H2,1-3H3,(H2,21,22,23);1H. The van der Waals surface area contributed by atoms with Crippen molar-refractivity contribution < 1.29 is 14.2 Å². The van der Waals surface area contributed by atoms with Gasteiger partial charge in [-0.1, -0.05) is 24.3 Å². The van der Waals surface area contributed by atoms with Gasteiger partial charge in [-0.05, 0) is 36.2 Å². The van der Waals surface area contributed by atoms with E-state index in [0.29, 0.717) is 18.9 Å². The molecule has 0 radical (unpaired) electrons. The summed E-state index contributed by atoms with van der Waals surface area (Å²) in [4.78, 5) is 4.23. The molecule has 0 bridgehead atoms. The first-order valence-electron chi connectivity index (χ1n) is 8.60. The Morgan fingerprint density at radius 3 is 2.37 bits per heavy atom. The van der Waals surface area contributed by atoms with Gasteiger partial charge >= 0.3 is 0 Å². The van der Waals surface area contributed by atoms with Gasteiger partial charge in [-0.15, -0.1) is 24.0 Å². The summed E-state index contributed by atoms with van der Waals surface area (Å²) in [5.74, 6) is 3.08. The van der Waals surface area contributed by atoms with Gasteiger partial charge in [0.05, 0.1) is 20.8 Å². The summed E-state index contributed by atoms with van der Waals surface area (Å²) in [7, 11) is 5.01. The van der Waals surface area contributed by atoms with Gasteiger partial charge in [0.25, 0.3) is 0 Å². The molecule has 0 aliphatic carbocycles. The van der Waals surface area contributed by atoms with Crippen molar-refractivity contribution in [3.63, 3.8) is 0 Å². The lowest BCUT2D eigenvalue weighted by molar-refractivity contribution is 0.311. The average molecular weight is 485 g/mol. The number of halogens is 1. The molecule has 0 atom stereocenters. The number of hydrogen-bond acceptors (Lipinski definition) is 4. The maximum absolute atomic E-state index is 5.67. The molecule has 7 heteroatoms. The molecule has 0 aliphatic rings. The molecule has 0 saturated heterocycles. The molecule has 0 aromatic heterocycles. The van der Waals surface area contributed by atoms with Gasteiger partial charge < -0.3 is 24.8 Å². The molecule has 0 unspecified atom stereocenters. The van der Waals surface area contributed by atoms with Crippen LogP contribution in [0, 0.1) is 0 Å². The first-order valence-corrected chi connectivity index (χ1v) is 8.60. The van der Waals surface area contributed by atoms with E-state index in [4.69, 9.17) is 14.2 Å². The minimum absolute atomic E-state index is 0. The van der Waals surface area contributed by atoms with Crippen LogP contribution < -0.4 is 24.8 Å². The molecule has 0 spiro atoms. The smallest absolute Gasteiger partial charge is 0.191 e. The van der Waals surface area contributed by atoms with Crippen LogP contribution in [-0.4, -0.2) is 40.4 Å². The summed E-state index contributed by atoms with van der Waals surface area (Å²) in [5, 5.41) is 6.56. The molecule has 0 aliphatic heterocycles. The van der Waals surface area contributed by atoms with Gasteiger partial charge in [-0.2, -0.15) is 0 Å². The van der Waals surface area contributed by atoms with Crippen LogP contribution in [0.4, 0.5) is 0 Å². The Labute approximate surface area is 178 Å². The highest BCUT2D eigenvalue weighted by Crippen LogP contribution is 2.27. The van der Waals surface area contributed by atoms with E-state index in [1.54, 1.807) is 21.3 Å². The fourth-order valence-electron chi connectivity index (χ4n) is 2.38. The molecule has 2 N–H and O–H groups in total. The van der Waals surface area contributed by atoms with Gasteiger partial charge in [0.2, 0.25) is 0 Å². The van der Waals surface area contributed by atoms with E-state index >= 15 is 0 Å².